The van der Waals surface area contributed by atoms with Crippen LogP contribution in [-0.2, 0) is 0 Å². The number of thioether (sulfide) groups is 1. The molecule has 0 radical (unpaired) electrons. The number of nitrogens with zero attached hydrogens (tertiary/aromatic N) is 3. The molecule has 8 heteroatoms. The predicted octanol–water partition coefficient (Wildman–Crippen LogP) is 7.02. The van der Waals surface area contributed by atoms with E-state index in [1.807, 2.05) is 30.3 Å². The summed E-state index contributed by atoms with van der Waals surface area (Å²) in [6.07, 6.45) is 6.98. The summed E-state index contributed by atoms with van der Waals surface area (Å²) < 4.78 is 13.5. The number of aromatic nitrogens is 3. The first kappa shape index (κ1) is 22.5. The minimum atomic E-state index is -0.406. The predicted molar refractivity (Wildman–Crippen MR) is 135 cm³/mol. The van der Waals surface area contributed by atoms with Crippen molar-refractivity contribution in [2.24, 2.45) is 0 Å². The molecule has 0 spiro atoms. The third-order valence-electron chi connectivity index (χ3n) is 5.90. The van der Waals surface area contributed by atoms with Crippen LogP contribution in [0.4, 0.5) is 5.69 Å². The van der Waals surface area contributed by atoms with Crippen LogP contribution in [0, 0.1) is 0 Å². The molecule has 1 saturated carbocycles. The highest BCUT2D eigenvalue weighted by atomic mass is 79.9. The van der Waals surface area contributed by atoms with Crippen molar-refractivity contribution in [3.8, 4) is 22.9 Å². The van der Waals surface area contributed by atoms with Gasteiger partial charge >= 0.3 is 0 Å². The smallest absolute Gasteiger partial charge is 0.247 e. The molecule has 3 aromatic rings. The summed E-state index contributed by atoms with van der Waals surface area (Å²) in [7, 11) is 0. The Morgan fingerprint density at radius 3 is 2.73 bits per heavy atom. The van der Waals surface area contributed by atoms with Crippen LogP contribution < -0.4 is 14.8 Å². The quantitative estimate of drug-likeness (QED) is 0.262. The van der Waals surface area contributed by atoms with E-state index in [1.165, 1.54) is 12.8 Å². The van der Waals surface area contributed by atoms with Crippen LogP contribution in [0.25, 0.3) is 11.3 Å². The summed E-state index contributed by atoms with van der Waals surface area (Å²) >= 11 is 5.18. The minimum absolute atomic E-state index is 0.340. The van der Waals surface area contributed by atoms with Gasteiger partial charge in [-0.2, -0.15) is 4.98 Å². The summed E-state index contributed by atoms with van der Waals surface area (Å²) in [6.45, 7) is 2.18. The summed E-state index contributed by atoms with van der Waals surface area (Å²) in [6, 6.07) is 14.2. The molecule has 5 rings (SSSR count). The van der Waals surface area contributed by atoms with Crippen molar-refractivity contribution in [3.05, 3.63) is 52.5 Å². The first-order valence-electron chi connectivity index (χ1n) is 11.6. The van der Waals surface area contributed by atoms with Crippen molar-refractivity contribution in [1.82, 2.24) is 15.2 Å². The van der Waals surface area contributed by atoms with E-state index < -0.39 is 6.23 Å². The Hall–Kier alpha value is -2.32. The minimum Gasteiger partial charge on any atom is -0.490 e. The van der Waals surface area contributed by atoms with Gasteiger partial charge in [-0.3, -0.25) is 0 Å². The van der Waals surface area contributed by atoms with E-state index in [4.69, 9.17) is 14.5 Å². The Labute approximate surface area is 207 Å². The SMILES string of the molecule is CCCCSc1nnc2c(n1)O[C@H](c1ccc(OC3CCCC3)cc1)Nc1ccc(Br)cc1-2. The molecule has 172 valence electrons. The molecular weight excluding hydrogens is 500 g/mol. The van der Waals surface area contributed by atoms with Crippen LogP contribution in [0.2, 0.25) is 0 Å². The third-order valence-corrected chi connectivity index (χ3v) is 7.32. The van der Waals surface area contributed by atoms with Gasteiger partial charge in [0.05, 0.1) is 6.10 Å². The summed E-state index contributed by atoms with van der Waals surface area (Å²) in [5.41, 5.74) is 3.47. The molecule has 2 heterocycles. The number of halogens is 1. The summed E-state index contributed by atoms with van der Waals surface area (Å²) in [5.74, 6) is 2.36. The first-order valence-corrected chi connectivity index (χ1v) is 13.3. The van der Waals surface area contributed by atoms with Crippen LogP contribution in [0.1, 0.15) is 57.2 Å². The van der Waals surface area contributed by atoms with E-state index in [1.54, 1.807) is 11.8 Å². The number of ether oxygens (including phenoxy) is 2. The van der Waals surface area contributed by atoms with Crippen molar-refractivity contribution in [1.29, 1.82) is 0 Å². The molecule has 1 aliphatic carbocycles. The zero-order chi connectivity index (χ0) is 22.6. The zero-order valence-electron chi connectivity index (χ0n) is 18.6. The Bertz CT molecular complexity index is 1110. The van der Waals surface area contributed by atoms with Gasteiger partial charge in [-0.15, -0.1) is 10.2 Å². The standard InChI is InChI=1S/C25H27BrN4O2S/c1-2-3-14-33-25-28-24-22(29-30-25)20-15-17(26)10-13-21(20)27-23(32-24)16-8-11-19(12-9-16)31-18-6-4-5-7-18/h8-13,15,18,23,27H,2-7,14H2,1H3/t23-/m1/s1. The molecule has 33 heavy (non-hydrogen) atoms. The zero-order valence-corrected chi connectivity index (χ0v) is 21.0. The van der Waals surface area contributed by atoms with E-state index in [2.05, 4.69) is 50.5 Å². The molecular formula is C25H27BrN4O2S. The maximum atomic E-state index is 6.39. The number of fused-ring (bicyclic) bond motifs is 3. The molecule has 0 bridgehead atoms. The van der Waals surface area contributed by atoms with Gasteiger partial charge in [0.15, 0.2) is 11.9 Å². The Morgan fingerprint density at radius 2 is 1.94 bits per heavy atom. The number of benzene rings is 2. The van der Waals surface area contributed by atoms with Gasteiger partial charge in [0.2, 0.25) is 11.0 Å². The normalized spacial score (nSPS) is 17.5. The van der Waals surface area contributed by atoms with Gasteiger partial charge in [0, 0.05) is 27.0 Å². The second kappa shape index (κ2) is 10.3. The number of anilines is 1. The molecule has 6 nitrogen and oxygen atoms in total. The highest BCUT2D eigenvalue weighted by molar-refractivity contribution is 9.10. The van der Waals surface area contributed by atoms with Gasteiger partial charge in [-0.25, -0.2) is 0 Å². The molecule has 0 saturated heterocycles. The lowest BCUT2D eigenvalue weighted by atomic mass is 10.1. The highest BCUT2D eigenvalue weighted by Crippen LogP contribution is 2.41. The lowest BCUT2D eigenvalue weighted by molar-refractivity contribution is 0.209. The molecule has 1 N–H and O–H groups in total. The van der Waals surface area contributed by atoms with E-state index in [0.717, 1.165) is 58.5 Å². The van der Waals surface area contributed by atoms with Crippen molar-refractivity contribution in [2.45, 2.75) is 62.9 Å². The van der Waals surface area contributed by atoms with E-state index in [-0.39, 0.29) is 0 Å². The van der Waals surface area contributed by atoms with Gasteiger partial charge in [0.25, 0.3) is 0 Å². The van der Waals surface area contributed by atoms with E-state index in [9.17, 15) is 0 Å². The molecule has 0 amide bonds. The Morgan fingerprint density at radius 1 is 1.12 bits per heavy atom. The first-order chi connectivity index (χ1) is 16.2. The Kier molecular flexibility index (Phi) is 7.02. The van der Waals surface area contributed by atoms with Crippen molar-refractivity contribution >= 4 is 33.4 Å². The van der Waals surface area contributed by atoms with Crippen LogP contribution in [0.3, 0.4) is 0 Å². The fourth-order valence-electron chi connectivity index (χ4n) is 4.11. The summed E-state index contributed by atoms with van der Waals surface area (Å²) in [4.78, 5) is 4.72. The largest absolute Gasteiger partial charge is 0.490 e. The average Bonchev–Trinajstić information content (AvgIpc) is 3.28. The van der Waals surface area contributed by atoms with Crippen LogP contribution in [-0.4, -0.2) is 27.0 Å². The number of unbranched alkanes of at least 4 members (excludes halogenated alkanes) is 1. The van der Waals surface area contributed by atoms with Gasteiger partial charge in [0.1, 0.15) is 5.75 Å². The lowest BCUT2D eigenvalue weighted by Crippen LogP contribution is -2.17. The van der Waals surface area contributed by atoms with Crippen LogP contribution in [0.15, 0.2) is 52.1 Å². The maximum absolute atomic E-state index is 6.39. The lowest BCUT2D eigenvalue weighted by Gasteiger charge is -2.20. The number of nitrogens with one attached hydrogen (secondary N) is 1. The molecule has 2 aromatic carbocycles. The van der Waals surface area contributed by atoms with Gasteiger partial charge in [-0.05, 0) is 74.6 Å². The van der Waals surface area contributed by atoms with Crippen molar-refractivity contribution < 1.29 is 9.47 Å². The number of hydrogen-bond acceptors (Lipinski definition) is 7. The van der Waals surface area contributed by atoms with Gasteiger partial charge < -0.3 is 14.8 Å². The van der Waals surface area contributed by atoms with Crippen molar-refractivity contribution in [3.63, 3.8) is 0 Å². The highest BCUT2D eigenvalue weighted by Gasteiger charge is 2.26. The molecule has 2 aliphatic rings. The molecule has 0 unspecified atom stereocenters. The van der Waals surface area contributed by atoms with Crippen LogP contribution >= 0.6 is 27.7 Å². The molecule has 1 aliphatic heterocycles. The number of hydrogen-bond donors (Lipinski definition) is 1. The fraction of sp³-hybridized carbons (Fsp3) is 0.400. The average molecular weight is 527 g/mol. The molecule has 1 atom stereocenters. The molecule has 1 aromatic heterocycles. The van der Waals surface area contributed by atoms with E-state index >= 15 is 0 Å². The second-order valence-electron chi connectivity index (χ2n) is 8.38. The van der Waals surface area contributed by atoms with Crippen molar-refractivity contribution in [2.75, 3.05) is 11.1 Å². The number of rotatable bonds is 7. The van der Waals surface area contributed by atoms with Gasteiger partial charge in [-0.1, -0.05) is 41.0 Å². The third kappa shape index (κ3) is 5.27. The maximum Gasteiger partial charge on any atom is 0.247 e. The van der Waals surface area contributed by atoms with Crippen LogP contribution in [0.5, 0.6) is 11.6 Å². The Balaban J connectivity index is 1.44. The second-order valence-corrected chi connectivity index (χ2v) is 10.4. The monoisotopic (exact) mass is 526 g/mol. The topological polar surface area (TPSA) is 69.2 Å². The molecule has 1 fully saturated rings. The fourth-order valence-corrected chi connectivity index (χ4v) is 5.33. The van der Waals surface area contributed by atoms with E-state index in [0.29, 0.717) is 22.8 Å². The summed E-state index contributed by atoms with van der Waals surface area (Å²) in [5, 5.41) is 13.0.